The fraction of sp³-hybridized carbons (Fsp3) is 0.375. The minimum atomic E-state index is -1.29. The molecule has 1 saturated heterocycles. The number of anilines is 1. The van der Waals surface area contributed by atoms with Crippen molar-refractivity contribution in [1.82, 2.24) is 14.7 Å². The molecule has 0 bridgehead atoms. The van der Waals surface area contributed by atoms with E-state index >= 15 is 0 Å². The van der Waals surface area contributed by atoms with E-state index in [-0.39, 0.29) is 12.6 Å². The van der Waals surface area contributed by atoms with Crippen molar-refractivity contribution in [2.75, 3.05) is 18.4 Å². The first-order valence-corrected chi connectivity index (χ1v) is 7.38. The van der Waals surface area contributed by atoms with Gasteiger partial charge in [-0.2, -0.15) is 5.10 Å². The van der Waals surface area contributed by atoms with Crippen LogP contribution in [0.5, 0.6) is 0 Å². The summed E-state index contributed by atoms with van der Waals surface area (Å²) in [6.07, 6.45) is 4.76. The highest BCUT2D eigenvalue weighted by Crippen LogP contribution is 2.25. The van der Waals surface area contributed by atoms with Crippen molar-refractivity contribution < 1.29 is 9.18 Å². The van der Waals surface area contributed by atoms with E-state index in [1.807, 2.05) is 36.5 Å². The lowest BCUT2D eigenvalue weighted by atomic mass is 9.97. The Hall–Kier alpha value is -2.37. The second kappa shape index (κ2) is 5.79. The molecule has 1 atom stereocenters. The summed E-state index contributed by atoms with van der Waals surface area (Å²) in [5, 5.41) is 6.96. The molecular weight excluding hydrogens is 283 g/mol. The van der Waals surface area contributed by atoms with Crippen LogP contribution in [0.4, 0.5) is 14.9 Å². The average molecular weight is 302 g/mol. The Labute approximate surface area is 128 Å². The van der Waals surface area contributed by atoms with E-state index in [0.29, 0.717) is 25.1 Å². The molecule has 0 spiro atoms. The van der Waals surface area contributed by atoms with E-state index in [0.717, 1.165) is 5.69 Å². The summed E-state index contributed by atoms with van der Waals surface area (Å²) in [7, 11) is 0. The lowest BCUT2D eigenvalue weighted by Gasteiger charge is -2.35. The van der Waals surface area contributed by atoms with Crippen LogP contribution in [0.25, 0.3) is 5.69 Å². The molecule has 3 rings (SSSR count). The van der Waals surface area contributed by atoms with Crippen molar-refractivity contribution in [2.24, 2.45) is 0 Å². The van der Waals surface area contributed by atoms with Gasteiger partial charge < -0.3 is 10.2 Å². The molecule has 0 saturated carbocycles. The van der Waals surface area contributed by atoms with Crippen LogP contribution in [0.15, 0.2) is 42.7 Å². The first-order valence-electron chi connectivity index (χ1n) is 7.38. The molecule has 0 unspecified atom stereocenters. The Morgan fingerprint density at radius 3 is 2.77 bits per heavy atom. The van der Waals surface area contributed by atoms with Gasteiger partial charge in [0, 0.05) is 24.6 Å². The molecular formula is C16H19FN4O. The number of rotatable bonds is 2. The van der Waals surface area contributed by atoms with E-state index in [1.165, 1.54) is 4.90 Å². The molecule has 116 valence electrons. The van der Waals surface area contributed by atoms with Crippen molar-refractivity contribution >= 4 is 11.7 Å². The standard InChI is InChI=1S/C16H19FN4O/c1-16(17)8-2-10-20(12-16)15(22)19-13-4-6-14(7-5-13)21-11-3-9-18-21/h3-7,9,11H,2,8,10,12H2,1H3,(H,19,22)/t16-/m1/s1. The van der Waals surface area contributed by atoms with Crippen LogP contribution >= 0.6 is 0 Å². The van der Waals surface area contributed by atoms with Crippen LogP contribution in [0.3, 0.4) is 0 Å². The number of nitrogens with one attached hydrogen (secondary N) is 1. The molecule has 2 amide bonds. The van der Waals surface area contributed by atoms with Crippen LogP contribution in [0.2, 0.25) is 0 Å². The molecule has 1 aromatic heterocycles. The largest absolute Gasteiger partial charge is 0.321 e. The zero-order valence-corrected chi connectivity index (χ0v) is 12.5. The van der Waals surface area contributed by atoms with Crippen molar-refractivity contribution in [2.45, 2.75) is 25.4 Å². The number of amides is 2. The Morgan fingerprint density at radius 2 is 2.14 bits per heavy atom. The van der Waals surface area contributed by atoms with Gasteiger partial charge in [-0.05, 0) is 50.1 Å². The summed E-state index contributed by atoms with van der Waals surface area (Å²) in [6, 6.07) is 8.97. The van der Waals surface area contributed by atoms with Crippen molar-refractivity contribution in [3.05, 3.63) is 42.7 Å². The van der Waals surface area contributed by atoms with Gasteiger partial charge in [0.05, 0.1) is 12.2 Å². The average Bonchev–Trinajstić information content (AvgIpc) is 3.01. The number of nitrogens with zero attached hydrogens (tertiary/aromatic N) is 3. The number of aromatic nitrogens is 2. The third-order valence-corrected chi connectivity index (χ3v) is 3.82. The summed E-state index contributed by atoms with van der Waals surface area (Å²) in [4.78, 5) is 13.7. The summed E-state index contributed by atoms with van der Waals surface area (Å²) in [5.74, 6) is 0. The minimum Gasteiger partial charge on any atom is -0.321 e. The topological polar surface area (TPSA) is 50.2 Å². The lowest BCUT2D eigenvalue weighted by Crippen LogP contribution is -2.47. The molecule has 5 nitrogen and oxygen atoms in total. The van der Waals surface area contributed by atoms with Gasteiger partial charge in [0.1, 0.15) is 5.67 Å². The second-order valence-corrected chi connectivity index (χ2v) is 5.87. The maximum atomic E-state index is 14.0. The quantitative estimate of drug-likeness (QED) is 0.926. The van der Waals surface area contributed by atoms with E-state index in [2.05, 4.69) is 10.4 Å². The smallest absolute Gasteiger partial charge is 0.321 e. The summed E-state index contributed by atoms with van der Waals surface area (Å²) in [6.45, 7) is 2.28. The first kappa shape index (κ1) is 14.6. The SMILES string of the molecule is C[C@@]1(F)CCCN(C(=O)Nc2ccc(-n3cccn3)cc2)C1. The number of hydrogen-bond donors (Lipinski definition) is 1. The second-order valence-electron chi connectivity index (χ2n) is 5.87. The van der Waals surface area contributed by atoms with Gasteiger partial charge in [-0.3, -0.25) is 0 Å². The number of benzene rings is 1. The number of urea groups is 1. The van der Waals surface area contributed by atoms with Gasteiger partial charge in [0.25, 0.3) is 0 Å². The maximum Gasteiger partial charge on any atom is 0.321 e. The van der Waals surface area contributed by atoms with Crippen LogP contribution in [-0.4, -0.2) is 39.5 Å². The first-order chi connectivity index (χ1) is 10.5. The van der Waals surface area contributed by atoms with Crippen molar-refractivity contribution in [1.29, 1.82) is 0 Å². The van der Waals surface area contributed by atoms with Crippen molar-refractivity contribution in [3.63, 3.8) is 0 Å². The Bertz CT molecular complexity index is 637. The van der Waals surface area contributed by atoms with Crippen LogP contribution < -0.4 is 5.32 Å². The normalized spacial score (nSPS) is 21.6. The number of halogens is 1. The zero-order chi connectivity index (χ0) is 15.6. The number of carbonyl (C=O) groups is 1. The Morgan fingerprint density at radius 1 is 1.36 bits per heavy atom. The number of carbonyl (C=O) groups excluding carboxylic acids is 1. The molecule has 2 heterocycles. The van der Waals surface area contributed by atoms with Gasteiger partial charge in [0.2, 0.25) is 0 Å². The molecule has 1 N–H and O–H groups in total. The Kier molecular flexibility index (Phi) is 3.83. The molecule has 1 aliphatic rings. The predicted octanol–water partition coefficient (Wildman–Crippen LogP) is 3.23. The fourth-order valence-electron chi connectivity index (χ4n) is 2.69. The molecule has 1 aromatic carbocycles. The van der Waals surface area contributed by atoms with E-state index in [9.17, 15) is 9.18 Å². The summed E-state index contributed by atoms with van der Waals surface area (Å²) >= 11 is 0. The highest BCUT2D eigenvalue weighted by atomic mass is 19.1. The summed E-state index contributed by atoms with van der Waals surface area (Å²) < 4.78 is 15.7. The molecule has 0 aliphatic carbocycles. The monoisotopic (exact) mass is 302 g/mol. The van der Waals surface area contributed by atoms with Crippen LogP contribution in [-0.2, 0) is 0 Å². The number of alkyl halides is 1. The third kappa shape index (κ3) is 3.27. The van der Waals surface area contributed by atoms with E-state index in [4.69, 9.17) is 0 Å². The van der Waals surface area contributed by atoms with E-state index in [1.54, 1.807) is 17.8 Å². The molecule has 22 heavy (non-hydrogen) atoms. The van der Waals surface area contributed by atoms with Gasteiger partial charge in [0.15, 0.2) is 0 Å². The van der Waals surface area contributed by atoms with E-state index < -0.39 is 5.67 Å². The zero-order valence-electron chi connectivity index (χ0n) is 12.5. The minimum absolute atomic E-state index is 0.143. The maximum absolute atomic E-state index is 14.0. The van der Waals surface area contributed by atoms with Crippen LogP contribution in [0, 0.1) is 0 Å². The van der Waals surface area contributed by atoms with Gasteiger partial charge in [-0.1, -0.05) is 0 Å². The molecule has 6 heteroatoms. The predicted molar refractivity (Wildman–Crippen MR) is 82.9 cm³/mol. The summed E-state index contributed by atoms with van der Waals surface area (Å²) in [5.41, 5.74) is 0.309. The highest BCUT2D eigenvalue weighted by molar-refractivity contribution is 5.89. The fourth-order valence-corrected chi connectivity index (χ4v) is 2.69. The number of piperidine rings is 1. The molecule has 1 fully saturated rings. The van der Waals surface area contributed by atoms with Gasteiger partial charge in [-0.25, -0.2) is 13.9 Å². The van der Waals surface area contributed by atoms with Gasteiger partial charge in [-0.15, -0.1) is 0 Å². The van der Waals surface area contributed by atoms with Gasteiger partial charge >= 0.3 is 6.03 Å². The van der Waals surface area contributed by atoms with Crippen LogP contribution in [0.1, 0.15) is 19.8 Å². The highest BCUT2D eigenvalue weighted by Gasteiger charge is 2.32. The number of hydrogen-bond acceptors (Lipinski definition) is 2. The third-order valence-electron chi connectivity index (χ3n) is 3.82. The van der Waals surface area contributed by atoms with Crippen molar-refractivity contribution in [3.8, 4) is 5.69 Å². The molecule has 2 aromatic rings. The molecule has 0 radical (unpaired) electrons. The Balaban J connectivity index is 1.64. The lowest BCUT2D eigenvalue weighted by molar-refractivity contribution is 0.0808. The number of likely N-dealkylation sites (tertiary alicyclic amines) is 1. The molecule has 1 aliphatic heterocycles.